The van der Waals surface area contributed by atoms with Gasteiger partial charge in [0.25, 0.3) is 0 Å². The molecule has 0 amide bonds. The number of rotatable bonds is 7. The molecule has 1 unspecified atom stereocenters. The minimum Gasteiger partial charge on any atom is -0.491 e. The van der Waals surface area contributed by atoms with Crippen LogP contribution in [0.15, 0.2) is 58.0 Å². The van der Waals surface area contributed by atoms with E-state index in [0.717, 1.165) is 33.6 Å². The zero-order valence-corrected chi connectivity index (χ0v) is 19.9. The summed E-state index contributed by atoms with van der Waals surface area (Å²) in [6, 6.07) is 12.6. The molecular formula is C23H25BrN2O4S. The van der Waals surface area contributed by atoms with Crippen molar-refractivity contribution in [2.45, 2.75) is 43.7 Å². The molecule has 1 aliphatic rings. The summed E-state index contributed by atoms with van der Waals surface area (Å²) in [7, 11) is -3.58. The molecule has 0 saturated carbocycles. The maximum atomic E-state index is 13.2. The molecule has 0 aliphatic carbocycles. The Hall–Kier alpha value is -2.16. The molecule has 164 valence electrons. The molecule has 0 bridgehead atoms. The first-order valence-corrected chi connectivity index (χ1v) is 12.5. The number of hydrogen-bond acceptors (Lipinski definition) is 4. The fourth-order valence-electron chi connectivity index (χ4n) is 4.16. The van der Waals surface area contributed by atoms with Crippen molar-refractivity contribution < 1.29 is 17.9 Å². The van der Waals surface area contributed by atoms with Gasteiger partial charge in [0.15, 0.2) is 0 Å². The minimum atomic E-state index is -3.58. The van der Waals surface area contributed by atoms with Gasteiger partial charge in [-0.15, -0.1) is 0 Å². The van der Waals surface area contributed by atoms with Crippen LogP contribution in [0.3, 0.4) is 0 Å². The van der Waals surface area contributed by atoms with Crippen LogP contribution in [0.2, 0.25) is 0 Å². The lowest BCUT2D eigenvalue weighted by molar-refractivity contribution is -0.108. The van der Waals surface area contributed by atoms with Gasteiger partial charge in [0.1, 0.15) is 12.0 Å². The number of aldehydes is 1. The smallest absolute Gasteiger partial charge is 0.243 e. The number of fused-ring (bicyclic) bond motifs is 1. The van der Waals surface area contributed by atoms with Gasteiger partial charge < -0.3 is 14.1 Å². The molecule has 4 rings (SSSR count). The van der Waals surface area contributed by atoms with Crippen LogP contribution in [0.1, 0.15) is 31.7 Å². The first kappa shape index (κ1) is 22.0. The SMILES string of the molecule is CC(C)Oc1ccc(S(=O)(=O)N2CCC(c3cn(CC=O)c4cc(Br)ccc34)C2)cc1. The van der Waals surface area contributed by atoms with E-state index in [-0.39, 0.29) is 23.5 Å². The fourth-order valence-corrected chi connectivity index (χ4v) is 6.01. The van der Waals surface area contributed by atoms with Crippen LogP contribution in [-0.4, -0.2) is 42.8 Å². The van der Waals surface area contributed by atoms with Gasteiger partial charge in [-0.05, 0) is 62.2 Å². The van der Waals surface area contributed by atoms with E-state index in [1.165, 1.54) is 0 Å². The molecule has 8 heteroatoms. The summed E-state index contributed by atoms with van der Waals surface area (Å²) >= 11 is 3.49. The molecular weight excluding hydrogens is 480 g/mol. The lowest BCUT2D eigenvalue weighted by Gasteiger charge is -2.17. The van der Waals surface area contributed by atoms with Crippen molar-refractivity contribution in [1.29, 1.82) is 0 Å². The van der Waals surface area contributed by atoms with Gasteiger partial charge in [0, 0.05) is 40.6 Å². The summed E-state index contributed by atoms with van der Waals surface area (Å²) < 4.78 is 36.4. The van der Waals surface area contributed by atoms with Gasteiger partial charge >= 0.3 is 0 Å². The molecule has 1 saturated heterocycles. The summed E-state index contributed by atoms with van der Waals surface area (Å²) in [5, 5.41) is 1.06. The van der Waals surface area contributed by atoms with Gasteiger partial charge in [-0.1, -0.05) is 22.0 Å². The normalized spacial score (nSPS) is 17.5. The Morgan fingerprint density at radius 1 is 1.19 bits per heavy atom. The highest BCUT2D eigenvalue weighted by Gasteiger charge is 2.34. The van der Waals surface area contributed by atoms with Gasteiger partial charge in [-0.3, -0.25) is 0 Å². The summed E-state index contributed by atoms with van der Waals surface area (Å²) in [5.41, 5.74) is 2.06. The van der Waals surface area contributed by atoms with E-state index in [9.17, 15) is 13.2 Å². The predicted octanol–water partition coefficient (Wildman–Crippen LogP) is 4.57. The average Bonchev–Trinajstić information content (AvgIpc) is 3.34. The summed E-state index contributed by atoms with van der Waals surface area (Å²) in [6.07, 6.45) is 3.64. The van der Waals surface area contributed by atoms with Crippen LogP contribution < -0.4 is 4.74 Å². The molecule has 2 aromatic carbocycles. The number of sulfonamides is 1. The van der Waals surface area contributed by atoms with Crippen LogP contribution in [-0.2, 0) is 21.4 Å². The molecule has 31 heavy (non-hydrogen) atoms. The standard InChI is InChI=1S/C23H25BrN2O4S/c1-16(2)30-19-4-6-20(7-5-19)31(28,29)26-10-9-17(14-26)22-15-25(11-12-27)23-13-18(24)3-8-21(22)23/h3-8,12-13,15-17H,9-11,14H2,1-2H3. The molecule has 2 heterocycles. The van der Waals surface area contributed by atoms with Crippen molar-refractivity contribution in [1.82, 2.24) is 8.87 Å². The highest BCUT2D eigenvalue weighted by atomic mass is 79.9. The number of nitrogens with zero attached hydrogens (tertiary/aromatic N) is 2. The fraction of sp³-hybridized carbons (Fsp3) is 0.348. The molecule has 0 radical (unpaired) electrons. The lowest BCUT2D eigenvalue weighted by atomic mass is 9.98. The van der Waals surface area contributed by atoms with E-state index < -0.39 is 10.0 Å². The Balaban J connectivity index is 1.58. The van der Waals surface area contributed by atoms with E-state index >= 15 is 0 Å². The van der Waals surface area contributed by atoms with Crippen LogP contribution in [0.5, 0.6) is 5.75 Å². The number of halogens is 1. The number of carbonyl (C=O) groups is 1. The van der Waals surface area contributed by atoms with E-state index in [2.05, 4.69) is 15.9 Å². The molecule has 0 spiro atoms. The third-order valence-electron chi connectivity index (χ3n) is 5.57. The van der Waals surface area contributed by atoms with Gasteiger partial charge in [0.05, 0.1) is 17.5 Å². The molecule has 1 fully saturated rings. The number of benzene rings is 2. The van der Waals surface area contributed by atoms with Gasteiger partial charge in [-0.2, -0.15) is 4.31 Å². The van der Waals surface area contributed by atoms with E-state index in [1.54, 1.807) is 28.6 Å². The first-order valence-electron chi connectivity index (χ1n) is 10.3. The maximum Gasteiger partial charge on any atom is 0.243 e. The number of carbonyl (C=O) groups excluding carboxylic acids is 1. The molecule has 6 nitrogen and oxygen atoms in total. The zero-order chi connectivity index (χ0) is 22.2. The largest absolute Gasteiger partial charge is 0.491 e. The Morgan fingerprint density at radius 3 is 2.61 bits per heavy atom. The molecule has 1 aromatic heterocycles. The maximum absolute atomic E-state index is 13.2. The minimum absolute atomic E-state index is 0.0313. The lowest BCUT2D eigenvalue weighted by Crippen LogP contribution is -2.28. The zero-order valence-electron chi connectivity index (χ0n) is 17.5. The molecule has 1 atom stereocenters. The number of aromatic nitrogens is 1. The monoisotopic (exact) mass is 504 g/mol. The Labute approximate surface area is 191 Å². The van der Waals surface area contributed by atoms with Gasteiger partial charge in [-0.25, -0.2) is 8.42 Å². The number of hydrogen-bond donors (Lipinski definition) is 0. The molecule has 1 aliphatic heterocycles. The highest BCUT2D eigenvalue weighted by Crippen LogP contribution is 2.37. The summed E-state index contributed by atoms with van der Waals surface area (Å²) in [6.45, 7) is 5.02. The molecule has 0 N–H and O–H groups in total. The second kappa shape index (κ2) is 8.76. The Morgan fingerprint density at radius 2 is 1.94 bits per heavy atom. The highest BCUT2D eigenvalue weighted by molar-refractivity contribution is 9.10. The molecule has 3 aromatic rings. The van der Waals surface area contributed by atoms with Crippen LogP contribution in [0, 0.1) is 0 Å². The van der Waals surface area contributed by atoms with E-state index in [0.29, 0.717) is 18.8 Å². The number of ether oxygens (including phenoxy) is 1. The quantitative estimate of drug-likeness (QED) is 0.442. The Bertz CT molecular complexity index is 1200. The van der Waals surface area contributed by atoms with Crippen molar-refractivity contribution in [3.63, 3.8) is 0 Å². The second-order valence-corrected chi connectivity index (χ2v) is 10.9. The third kappa shape index (κ3) is 4.42. The predicted molar refractivity (Wildman–Crippen MR) is 124 cm³/mol. The third-order valence-corrected chi connectivity index (χ3v) is 7.94. The van der Waals surface area contributed by atoms with Gasteiger partial charge in [0.2, 0.25) is 10.0 Å². The van der Waals surface area contributed by atoms with Crippen LogP contribution in [0.25, 0.3) is 10.9 Å². The topological polar surface area (TPSA) is 68.6 Å². The van der Waals surface area contributed by atoms with Crippen molar-refractivity contribution in [3.8, 4) is 5.75 Å². The van der Waals surface area contributed by atoms with E-state index in [1.807, 2.05) is 42.8 Å². The van der Waals surface area contributed by atoms with E-state index in [4.69, 9.17) is 4.74 Å². The Kier molecular flexibility index (Phi) is 6.23. The van der Waals surface area contributed by atoms with Crippen molar-refractivity contribution in [3.05, 3.63) is 58.7 Å². The average molecular weight is 505 g/mol. The summed E-state index contributed by atoms with van der Waals surface area (Å²) in [4.78, 5) is 11.4. The van der Waals surface area contributed by atoms with Crippen molar-refractivity contribution in [2.24, 2.45) is 0 Å². The van der Waals surface area contributed by atoms with Crippen molar-refractivity contribution in [2.75, 3.05) is 13.1 Å². The summed E-state index contributed by atoms with van der Waals surface area (Å²) in [5.74, 6) is 0.734. The second-order valence-electron chi connectivity index (χ2n) is 8.05. The van der Waals surface area contributed by atoms with Crippen molar-refractivity contribution >= 4 is 43.1 Å². The van der Waals surface area contributed by atoms with Crippen LogP contribution in [0.4, 0.5) is 0 Å². The van der Waals surface area contributed by atoms with Crippen LogP contribution >= 0.6 is 15.9 Å². The first-order chi connectivity index (χ1) is 14.8.